The summed E-state index contributed by atoms with van der Waals surface area (Å²) >= 11 is 0. The molecule has 2 aliphatic rings. The molecule has 1 aromatic rings. The van der Waals surface area contributed by atoms with Crippen molar-refractivity contribution in [2.24, 2.45) is 5.92 Å². The topological polar surface area (TPSA) is 30.5 Å². The molecule has 1 N–H and O–H groups in total. The summed E-state index contributed by atoms with van der Waals surface area (Å²) in [5.74, 6) is 1.59. The fourth-order valence-electron chi connectivity index (χ4n) is 2.94. The van der Waals surface area contributed by atoms with Crippen molar-refractivity contribution in [2.75, 3.05) is 19.8 Å². The molecule has 2 fully saturated rings. The molecule has 1 heterocycles. The molecule has 0 spiro atoms. The molecule has 1 saturated carbocycles. The normalized spacial score (nSPS) is 24.4. The first kappa shape index (κ1) is 13.9. The van der Waals surface area contributed by atoms with Crippen LogP contribution in [0.1, 0.15) is 44.2 Å². The molecule has 0 bridgehead atoms. The van der Waals surface area contributed by atoms with Crippen molar-refractivity contribution in [3.05, 3.63) is 29.8 Å². The van der Waals surface area contributed by atoms with Crippen LogP contribution in [-0.2, 0) is 4.74 Å². The van der Waals surface area contributed by atoms with Gasteiger partial charge in [-0.1, -0.05) is 19.1 Å². The average molecular weight is 275 g/mol. The summed E-state index contributed by atoms with van der Waals surface area (Å²) in [6, 6.07) is 9.04. The van der Waals surface area contributed by atoms with E-state index >= 15 is 0 Å². The third-order valence-electron chi connectivity index (χ3n) is 4.16. The Hall–Kier alpha value is -1.06. The molecule has 110 valence electrons. The molecule has 1 aliphatic carbocycles. The van der Waals surface area contributed by atoms with E-state index in [9.17, 15) is 0 Å². The van der Waals surface area contributed by atoms with Gasteiger partial charge in [0.15, 0.2) is 0 Å². The first-order chi connectivity index (χ1) is 9.86. The van der Waals surface area contributed by atoms with Gasteiger partial charge in [-0.2, -0.15) is 0 Å². The number of ether oxygens (including phenoxy) is 2. The molecule has 1 saturated heterocycles. The average Bonchev–Trinajstić information content (AvgIpc) is 3.31. The largest absolute Gasteiger partial charge is 0.490 e. The second-order valence-corrected chi connectivity index (χ2v) is 5.90. The molecular weight excluding hydrogens is 250 g/mol. The van der Waals surface area contributed by atoms with Crippen molar-refractivity contribution >= 4 is 0 Å². The molecule has 20 heavy (non-hydrogen) atoms. The van der Waals surface area contributed by atoms with E-state index in [1.165, 1.54) is 31.2 Å². The number of hydrogen-bond donors (Lipinski definition) is 1. The van der Waals surface area contributed by atoms with E-state index in [0.717, 1.165) is 25.5 Å². The predicted octanol–water partition coefficient (Wildman–Crippen LogP) is 3.31. The third-order valence-corrected chi connectivity index (χ3v) is 4.16. The number of rotatable bonds is 6. The molecule has 1 aliphatic heterocycles. The monoisotopic (exact) mass is 275 g/mol. The molecule has 1 aromatic carbocycles. The fourth-order valence-corrected chi connectivity index (χ4v) is 2.94. The van der Waals surface area contributed by atoms with Crippen LogP contribution < -0.4 is 10.1 Å². The number of benzene rings is 1. The van der Waals surface area contributed by atoms with Gasteiger partial charge < -0.3 is 14.8 Å². The molecule has 3 rings (SSSR count). The Kier molecular flexibility index (Phi) is 4.58. The van der Waals surface area contributed by atoms with Crippen LogP contribution in [0.5, 0.6) is 5.75 Å². The summed E-state index contributed by atoms with van der Waals surface area (Å²) in [6.07, 6.45) is 5.31. The van der Waals surface area contributed by atoms with E-state index in [1.54, 1.807) is 0 Å². The molecule has 2 unspecified atom stereocenters. The molecule has 2 atom stereocenters. The Morgan fingerprint density at radius 3 is 2.65 bits per heavy atom. The first-order valence-corrected chi connectivity index (χ1v) is 7.94. The Balaban J connectivity index is 1.68. The minimum Gasteiger partial charge on any atom is -0.490 e. The lowest BCUT2D eigenvalue weighted by molar-refractivity contribution is 0.0393. The van der Waals surface area contributed by atoms with E-state index in [1.807, 2.05) is 0 Å². The minimum absolute atomic E-state index is 0.398. The summed E-state index contributed by atoms with van der Waals surface area (Å²) < 4.78 is 11.5. The third kappa shape index (κ3) is 3.53. The molecule has 3 nitrogen and oxygen atoms in total. The van der Waals surface area contributed by atoms with Gasteiger partial charge in [0.1, 0.15) is 5.75 Å². The first-order valence-electron chi connectivity index (χ1n) is 7.94. The van der Waals surface area contributed by atoms with Gasteiger partial charge in [-0.25, -0.2) is 0 Å². The lowest BCUT2D eigenvalue weighted by atomic mass is 9.88. The van der Waals surface area contributed by atoms with E-state index in [-0.39, 0.29) is 0 Å². The van der Waals surface area contributed by atoms with Crippen molar-refractivity contribution in [3.63, 3.8) is 0 Å². The Morgan fingerprint density at radius 2 is 2.05 bits per heavy atom. The van der Waals surface area contributed by atoms with Crippen LogP contribution >= 0.6 is 0 Å². The molecule has 0 amide bonds. The van der Waals surface area contributed by atoms with Gasteiger partial charge >= 0.3 is 0 Å². The maximum absolute atomic E-state index is 5.82. The van der Waals surface area contributed by atoms with Gasteiger partial charge in [0.05, 0.1) is 12.7 Å². The zero-order valence-electron chi connectivity index (χ0n) is 12.3. The Bertz CT molecular complexity index is 408. The van der Waals surface area contributed by atoms with Gasteiger partial charge in [-0.3, -0.25) is 0 Å². The number of hydrogen-bond acceptors (Lipinski definition) is 3. The van der Waals surface area contributed by atoms with Crippen LogP contribution in [0.2, 0.25) is 0 Å². The van der Waals surface area contributed by atoms with Crippen LogP contribution in [0.25, 0.3) is 0 Å². The second kappa shape index (κ2) is 6.59. The van der Waals surface area contributed by atoms with Crippen LogP contribution in [0.3, 0.4) is 0 Å². The zero-order chi connectivity index (χ0) is 13.8. The maximum Gasteiger partial charge on any atom is 0.119 e. The highest BCUT2D eigenvalue weighted by Gasteiger charge is 2.26. The van der Waals surface area contributed by atoms with E-state index in [4.69, 9.17) is 9.47 Å². The summed E-state index contributed by atoms with van der Waals surface area (Å²) in [5, 5.41) is 3.62. The summed E-state index contributed by atoms with van der Waals surface area (Å²) in [6.45, 7) is 4.95. The van der Waals surface area contributed by atoms with Gasteiger partial charge in [-0.15, -0.1) is 0 Å². The van der Waals surface area contributed by atoms with Crippen LogP contribution in [0.4, 0.5) is 0 Å². The van der Waals surface area contributed by atoms with Crippen molar-refractivity contribution in [3.8, 4) is 5.75 Å². The minimum atomic E-state index is 0.398. The SMILES string of the molecule is CCNC(c1ccc(OC2CC2)cc1)C1CCCOC1. The van der Waals surface area contributed by atoms with Gasteiger partial charge in [0.25, 0.3) is 0 Å². The van der Waals surface area contributed by atoms with Crippen molar-refractivity contribution < 1.29 is 9.47 Å². The summed E-state index contributed by atoms with van der Waals surface area (Å²) in [7, 11) is 0. The van der Waals surface area contributed by atoms with E-state index in [0.29, 0.717) is 18.1 Å². The Labute approximate surface area is 121 Å². The lowest BCUT2D eigenvalue weighted by Gasteiger charge is -2.31. The van der Waals surface area contributed by atoms with Crippen molar-refractivity contribution in [1.82, 2.24) is 5.32 Å². The quantitative estimate of drug-likeness (QED) is 0.864. The lowest BCUT2D eigenvalue weighted by Crippen LogP contribution is -2.33. The fraction of sp³-hybridized carbons (Fsp3) is 0.647. The smallest absolute Gasteiger partial charge is 0.119 e. The van der Waals surface area contributed by atoms with Crippen LogP contribution in [0.15, 0.2) is 24.3 Å². The van der Waals surface area contributed by atoms with E-state index in [2.05, 4.69) is 36.5 Å². The van der Waals surface area contributed by atoms with Gasteiger partial charge in [0.2, 0.25) is 0 Å². The van der Waals surface area contributed by atoms with Crippen molar-refractivity contribution in [1.29, 1.82) is 0 Å². The highest BCUT2D eigenvalue weighted by molar-refractivity contribution is 5.30. The predicted molar refractivity (Wildman–Crippen MR) is 80.1 cm³/mol. The maximum atomic E-state index is 5.82. The molecule has 3 heteroatoms. The standard InChI is InChI=1S/C17H25NO2/c1-2-18-17(14-4-3-11-19-12-14)13-5-7-15(8-6-13)20-16-9-10-16/h5-8,14,16-18H,2-4,9-12H2,1H3. The molecular formula is C17H25NO2. The number of nitrogens with one attached hydrogen (secondary N) is 1. The van der Waals surface area contributed by atoms with Gasteiger partial charge in [0, 0.05) is 18.6 Å². The van der Waals surface area contributed by atoms with Gasteiger partial charge in [-0.05, 0) is 49.9 Å². The highest BCUT2D eigenvalue weighted by Crippen LogP contribution is 2.31. The zero-order valence-corrected chi connectivity index (χ0v) is 12.3. The molecule has 0 radical (unpaired) electrons. The van der Waals surface area contributed by atoms with E-state index < -0.39 is 0 Å². The Morgan fingerprint density at radius 1 is 1.25 bits per heavy atom. The summed E-state index contributed by atoms with van der Waals surface area (Å²) in [5.41, 5.74) is 1.35. The van der Waals surface area contributed by atoms with Crippen LogP contribution in [-0.4, -0.2) is 25.9 Å². The van der Waals surface area contributed by atoms with Crippen LogP contribution in [0, 0.1) is 5.92 Å². The van der Waals surface area contributed by atoms with Crippen molar-refractivity contribution in [2.45, 2.75) is 44.8 Å². The second-order valence-electron chi connectivity index (χ2n) is 5.90. The highest BCUT2D eigenvalue weighted by atomic mass is 16.5. The molecule has 0 aromatic heterocycles. The summed E-state index contributed by atoms with van der Waals surface area (Å²) in [4.78, 5) is 0.